The van der Waals surface area contributed by atoms with Gasteiger partial charge in [0.2, 0.25) is 0 Å². The largest absolute Gasteiger partial charge is 0.333 e. The molecule has 1 heteroatoms. The molecule has 0 spiro atoms. The van der Waals surface area contributed by atoms with Gasteiger partial charge in [-0.05, 0) is 177 Å². The van der Waals surface area contributed by atoms with Gasteiger partial charge in [-0.15, -0.1) is 6.58 Å². The van der Waals surface area contributed by atoms with Crippen LogP contribution >= 0.6 is 0 Å². The van der Waals surface area contributed by atoms with Crippen LogP contribution in [-0.2, 0) is 6.42 Å². The van der Waals surface area contributed by atoms with Crippen LogP contribution in [0, 0.1) is 13.8 Å². The summed E-state index contributed by atoms with van der Waals surface area (Å²) in [7, 11) is 0. The minimum atomic E-state index is 0.244. The Labute approximate surface area is 371 Å². The number of benzene rings is 7. The molecule has 0 amide bonds. The minimum Gasteiger partial charge on any atom is -0.333 e. The van der Waals surface area contributed by atoms with Gasteiger partial charge in [-0.3, -0.25) is 0 Å². The molecule has 2 aliphatic carbocycles. The van der Waals surface area contributed by atoms with Crippen LogP contribution in [0.1, 0.15) is 86.9 Å². The first-order valence-electron chi connectivity index (χ1n) is 22.5. The second-order valence-corrected chi connectivity index (χ2v) is 15.9. The summed E-state index contributed by atoms with van der Waals surface area (Å²) in [6.07, 6.45) is 8.64. The Kier molecular flexibility index (Phi) is 13.5. The van der Waals surface area contributed by atoms with Gasteiger partial charge in [-0.1, -0.05) is 162 Å². The predicted octanol–water partition coefficient (Wildman–Crippen LogP) is 15.5. The van der Waals surface area contributed by atoms with Gasteiger partial charge in [0.1, 0.15) is 0 Å². The summed E-state index contributed by atoms with van der Waals surface area (Å²) >= 11 is 0. The lowest BCUT2D eigenvalue weighted by Gasteiger charge is -2.30. The van der Waals surface area contributed by atoms with Crippen molar-refractivity contribution < 1.29 is 0 Å². The Morgan fingerprint density at radius 2 is 1.21 bits per heavy atom. The Hall–Kier alpha value is -6.70. The summed E-state index contributed by atoms with van der Waals surface area (Å²) in [6, 6.07) is 56.5. The highest BCUT2D eigenvalue weighted by atomic mass is 15.2. The van der Waals surface area contributed by atoms with Crippen LogP contribution < -0.4 is 15.3 Å². The third-order valence-electron chi connectivity index (χ3n) is 12.2. The first-order valence-corrected chi connectivity index (χ1v) is 22.5. The van der Waals surface area contributed by atoms with Gasteiger partial charge in [-0.25, -0.2) is 0 Å². The quantitative estimate of drug-likeness (QED) is 0.157. The summed E-state index contributed by atoms with van der Waals surface area (Å²) in [4.78, 5) is 2.57. The Morgan fingerprint density at radius 3 is 1.98 bits per heavy atom. The molecule has 0 radical (unpaired) electrons. The molecule has 1 atom stereocenters. The van der Waals surface area contributed by atoms with Crippen molar-refractivity contribution in [1.29, 1.82) is 0 Å². The van der Waals surface area contributed by atoms with E-state index in [0.717, 1.165) is 18.1 Å². The topological polar surface area (TPSA) is 3.24 Å². The fourth-order valence-corrected chi connectivity index (χ4v) is 9.22. The zero-order valence-corrected chi connectivity index (χ0v) is 38.0. The molecule has 0 bridgehead atoms. The summed E-state index contributed by atoms with van der Waals surface area (Å²) < 4.78 is 0. The molecular weight excluding hydrogens is 747 g/mol. The molecule has 0 saturated heterocycles. The SMILES string of the molecule is C=CC.C=c1cccc/c1=C(/C)c1ccc(C)c(-c2cc(-c3cccc(N4c5ccccc5C5=CC(c6ccc7c(c6)-c6ccccc6C7)=CCC54)c3)ccc2C)c1.CC.CC. The first-order chi connectivity index (χ1) is 30.3. The fourth-order valence-electron chi connectivity index (χ4n) is 9.22. The van der Waals surface area contributed by atoms with Gasteiger partial charge in [0.05, 0.1) is 6.04 Å². The smallest absolute Gasteiger partial charge is 0.0633 e. The number of hydrogen-bond donors (Lipinski definition) is 0. The second kappa shape index (κ2) is 19.3. The van der Waals surface area contributed by atoms with E-state index >= 15 is 0 Å². The predicted molar refractivity (Wildman–Crippen MR) is 272 cm³/mol. The molecule has 10 rings (SSSR count). The maximum atomic E-state index is 4.30. The number of hydrogen-bond acceptors (Lipinski definition) is 1. The van der Waals surface area contributed by atoms with E-state index in [1.54, 1.807) is 6.08 Å². The van der Waals surface area contributed by atoms with Crippen molar-refractivity contribution >= 4 is 34.7 Å². The molecule has 310 valence electrons. The molecule has 7 aromatic carbocycles. The average molecular weight is 808 g/mol. The number of fused-ring (bicyclic) bond motifs is 6. The normalized spacial score (nSPS) is 14.4. The van der Waals surface area contributed by atoms with Crippen LogP contribution in [-0.4, -0.2) is 6.04 Å². The number of para-hydroxylation sites is 1. The van der Waals surface area contributed by atoms with E-state index in [9.17, 15) is 0 Å². The minimum absolute atomic E-state index is 0.244. The molecule has 62 heavy (non-hydrogen) atoms. The maximum absolute atomic E-state index is 4.30. The summed E-state index contributed by atoms with van der Waals surface area (Å²) in [5.41, 5.74) is 23.5. The third-order valence-corrected chi connectivity index (χ3v) is 12.2. The van der Waals surface area contributed by atoms with E-state index in [4.69, 9.17) is 0 Å². The monoisotopic (exact) mass is 807 g/mol. The van der Waals surface area contributed by atoms with Gasteiger partial charge >= 0.3 is 0 Å². The molecular formula is C61H61N. The van der Waals surface area contributed by atoms with Gasteiger partial charge < -0.3 is 4.90 Å². The van der Waals surface area contributed by atoms with Gasteiger partial charge in [0.15, 0.2) is 0 Å². The number of anilines is 2. The van der Waals surface area contributed by atoms with Crippen LogP contribution in [0.2, 0.25) is 0 Å². The van der Waals surface area contributed by atoms with Gasteiger partial charge in [-0.2, -0.15) is 0 Å². The molecule has 0 aromatic heterocycles. The van der Waals surface area contributed by atoms with Crippen molar-refractivity contribution in [2.75, 3.05) is 4.90 Å². The standard InChI is InChI=1S/C54H43N.C3H6.2C2H6/c1-34-12-5-7-16-46(34)37(4)38-22-20-35(2)49(30-38)50-31-40(23-21-36(50)3)39-14-11-15-45(29-39)55-53-19-10-9-18-48(53)52-33-42(26-27-54(52)55)41-24-25-44-28-43-13-6-8-17-47(43)51(44)32-41;1-3-2;2*1-2/h5-26,29-33,54H,1,27-28H2,2-4H3;3H,1H2,2H3;2*1-2H3/b46-37+;;;. The highest BCUT2D eigenvalue weighted by Crippen LogP contribution is 2.50. The van der Waals surface area contributed by atoms with Crippen molar-refractivity contribution in [1.82, 2.24) is 0 Å². The molecule has 3 aliphatic rings. The zero-order valence-electron chi connectivity index (χ0n) is 38.0. The van der Waals surface area contributed by atoms with E-state index < -0.39 is 0 Å². The van der Waals surface area contributed by atoms with Crippen LogP contribution in [0.3, 0.4) is 0 Å². The Morgan fingerprint density at radius 1 is 0.597 bits per heavy atom. The summed E-state index contributed by atoms with van der Waals surface area (Å²) in [5.74, 6) is 0. The molecule has 0 saturated carbocycles. The van der Waals surface area contributed by atoms with Crippen molar-refractivity contribution in [3.8, 4) is 33.4 Å². The van der Waals surface area contributed by atoms with Crippen LogP contribution in [0.4, 0.5) is 11.4 Å². The third kappa shape index (κ3) is 8.33. The molecule has 1 aliphatic heterocycles. The number of rotatable bonds is 5. The Balaban J connectivity index is 0.000000783. The number of aryl methyl sites for hydroxylation is 2. The van der Waals surface area contributed by atoms with E-state index in [2.05, 4.69) is 203 Å². The Bertz CT molecular complexity index is 2940. The fraction of sp³-hybridized carbons (Fsp3) is 0.180. The van der Waals surface area contributed by atoms with Crippen molar-refractivity contribution in [3.05, 3.63) is 226 Å². The molecule has 1 heterocycles. The van der Waals surface area contributed by atoms with Crippen LogP contribution in [0.5, 0.6) is 0 Å². The van der Waals surface area contributed by atoms with E-state index in [0.29, 0.717) is 0 Å². The lowest BCUT2D eigenvalue weighted by Crippen LogP contribution is -2.27. The summed E-state index contributed by atoms with van der Waals surface area (Å²) in [5, 5.41) is 2.25. The molecule has 1 unspecified atom stereocenters. The van der Waals surface area contributed by atoms with E-state index in [-0.39, 0.29) is 6.04 Å². The summed E-state index contributed by atoms with van der Waals surface area (Å²) in [6.45, 7) is 24.2. The zero-order chi connectivity index (χ0) is 43.9. The first kappa shape index (κ1) is 43.4. The van der Waals surface area contributed by atoms with Crippen LogP contribution in [0.25, 0.3) is 56.7 Å². The number of nitrogens with zero attached hydrogens (tertiary/aromatic N) is 1. The maximum Gasteiger partial charge on any atom is 0.0633 e. The van der Waals surface area contributed by atoms with Gasteiger partial charge in [0, 0.05) is 16.9 Å². The molecule has 0 N–H and O–H groups in total. The lowest BCUT2D eigenvalue weighted by molar-refractivity contribution is 0.831. The van der Waals surface area contributed by atoms with Crippen molar-refractivity contribution in [2.45, 2.75) is 74.3 Å². The lowest BCUT2D eigenvalue weighted by atomic mass is 9.88. The van der Waals surface area contributed by atoms with E-state index in [1.807, 2.05) is 34.6 Å². The van der Waals surface area contributed by atoms with Crippen molar-refractivity contribution in [2.24, 2.45) is 0 Å². The highest BCUT2D eigenvalue weighted by Gasteiger charge is 2.36. The molecule has 7 aromatic rings. The number of allylic oxidation sites excluding steroid dienone is 3. The van der Waals surface area contributed by atoms with E-state index in [1.165, 1.54) is 106 Å². The molecule has 0 fully saturated rings. The second-order valence-electron chi connectivity index (χ2n) is 15.9. The highest BCUT2D eigenvalue weighted by molar-refractivity contribution is 5.99. The average Bonchev–Trinajstić information content (AvgIpc) is 3.86. The van der Waals surface area contributed by atoms with Crippen LogP contribution in [0.15, 0.2) is 176 Å². The molecule has 1 nitrogen and oxygen atoms in total. The van der Waals surface area contributed by atoms with Crippen molar-refractivity contribution in [3.63, 3.8) is 0 Å². The van der Waals surface area contributed by atoms with Gasteiger partial charge in [0.25, 0.3) is 0 Å².